The van der Waals surface area contributed by atoms with Crippen molar-refractivity contribution in [3.8, 4) is 11.5 Å². The van der Waals surface area contributed by atoms with Gasteiger partial charge in [0.15, 0.2) is 0 Å². The predicted octanol–water partition coefficient (Wildman–Crippen LogP) is 4.30. The quantitative estimate of drug-likeness (QED) is 0.338. The monoisotopic (exact) mass is 551 g/mol. The number of para-hydroxylation sites is 1. The molecule has 1 fully saturated rings. The van der Waals surface area contributed by atoms with Gasteiger partial charge in [-0.2, -0.15) is 0 Å². The number of carbonyl (C=O) groups excluding carboxylic acids is 2. The third kappa shape index (κ3) is 7.50. The summed E-state index contributed by atoms with van der Waals surface area (Å²) in [6.07, 6.45) is 0.724. The molecule has 4 rings (SSSR count). The highest BCUT2D eigenvalue weighted by molar-refractivity contribution is 6.31. The second-order valence-corrected chi connectivity index (χ2v) is 9.66. The van der Waals surface area contributed by atoms with E-state index in [0.29, 0.717) is 49.4 Å². The highest BCUT2D eigenvalue weighted by Crippen LogP contribution is 2.25. The maximum absolute atomic E-state index is 13.4. The van der Waals surface area contributed by atoms with Crippen molar-refractivity contribution in [3.63, 3.8) is 0 Å². The van der Waals surface area contributed by atoms with E-state index in [4.69, 9.17) is 25.8 Å². The van der Waals surface area contributed by atoms with Crippen LogP contribution in [0.3, 0.4) is 0 Å². The number of hydrogen-bond acceptors (Lipinski definition) is 6. The minimum atomic E-state index is -0.661. The van der Waals surface area contributed by atoms with Gasteiger partial charge in [-0.3, -0.25) is 14.5 Å². The number of ether oxygens (including phenoxy) is 3. The van der Waals surface area contributed by atoms with Gasteiger partial charge in [-0.25, -0.2) is 0 Å². The molecular formula is C30H34ClN3O5. The van der Waals surface area contributed by atoms with Gasteiger partial charge in [0, 0.05) is 42.8 Å². The molecule has 0 unspecified atom stereocenters. The van der Waals surface area contributed by atoms with Crippen molar-refractivity contribution in [1.29, 1.82) is 0 Å². The number of rotatable bonds is 12. The van der Waals surface area contributed by atoms with Crippen LogP contribution in [0, 0.1) is 0 Å². The fourth-order valence-corrected chi connectivity index (χ4v) is 4.66. The number of carbonyl (C=O) groups is 2. The maximum Gasteiger partial charge on any atom is 0.247 e. The van der Waals surface area contributed by atoms with Crippen LogP contribution in [-0.2, 0) is 27.5 Å². The molecule has 0 spiro atoms. The van der Waals surface area contributed by atoms with Crippen LogP contribution in [0.4, 0.5) is 5.69 Å². The molecule has 1 aliphatic heterocycles. The van der Waals surface area contributed by atoms with Crippen LogP contribution in [0.1, 0.15) is 17.5 Å². The number of nitrogens with zero attached hydrogens (tertiary/aromatic N) is 2. The van der Waals surface area contributed by atoms with Crippen LogP contribution in [-0.4, -0.2) is 63.2 Å². The number of methoxy groups -OCH3 is 1. The van der Waals surface area contributed by atoms with Gasteiger partial charge in [0.1, 0.15) is 17.5 Å². The molecule has 2 amide bonds. The molecular weight excluding hydrogens is 518 g/mol. The van der Waals surface area contributed by atoms with Crippen LogP contribution in [0.5, 0.6) is 11.5 Å². The number of hydrogen-bond donors (Lipinski definition) is 1. The maximum atomic E-state index is 13.4. The van der Waals surface area contributed by atoms with Crippen LogP contribution in [0.25, 0.3) is 0 Å². The Morgan fingerprint density at radius 3 is 2.49 bits per heavy atom. The van der Waals surface area contributed by atoms with Gasteiger partial charge in [-0.15, -0.1) is 0 Å². The van der Waals surface area contributed by atoms with Crippen molar-refractivity contribution in [2.45, 2.75) is 25.6 Å². The number of anilines is 1. The summed E-state index contributed by atoms with van der Waals surface area (Å²) in [5.74, 6) is 1.17. The fourth-order valence-electron chi connectivity index (χ4n) is 4.46. The van der Waals surface area contributed by atoms with Crippen molar-refractivity contribution < 1.29 is 23.8 Å². The molecule has 0 bridgehead atoms. The molecule has 1 heterocycles. The second kappa shape index (κ2) is 14.0. The van der Waals surface area contributed by atoms with Crippen molar-refractivity contribution in [3.05, 3.63) is 88.9 Å². The van der Waals surface area contributed by atoms with E-state index in [1.54, 1.807) is 30.0 Å². The molecule has 0 aromatic heterocycles. The smallest absolute Gasteiger partial charge is 0.247 e. The topological polar surface area (TPSA) is 80.3 Å². The van der Waals surface area contributed by atoms with E-state index < -0.39 is 6.04 Å². The molecule has 0 saturated carbocycles. The summed E-state index contributed by atoms with van der Waals surface area (Å²) in [5, 5.41) is 3.66. The number of piperazine rings is 1. The van der Waals surface area contributed by atoms with E-state index in [-0.39, 0.29) is 18.4 Å². The van der Waals surface area contributed by atoms with Crippen LogP contribution < -0.4 is 19.7 Å². The summed E-state index contributed by atoms with van der Waals surface area (Å²) in [6.45, 7) is 2.41. The molecule has 1 N–H and O–H groups in total. The lowest BCUT2D eigenvalue weighted by Crippen LogP contribution is -2.60. The van der Waals surface area contributed by atoms with E-state index in [1.165, 1.54) is 0 Å². The zero-order valence-corrected chi connectivity index (χ0v) is 23.0. The summed E-state index contributed by atoms with van der Waals surface area (Å²) in [6, 6.07) is 21.8. The molecule has 8 nitrogen and oxygen atoms in total. The van der Waals surface area contributed by atoms with Gasteiger partial charge in [-0.05, 0) is 42.0 Å². The van der Waals surface area contributed by atoms with Crippen LogP contribution in [0.2, 0.25) is 5.02 Å². The Morgan fingerprint density at radius 1 is 1.03 bits per heavy atom. The first-order valence-corrected chi connectivity index (χ1v) is 13.3. The predicted molar refractivity (Wildman–Crippen MR) is 151 cm³/mol. The van der Waals surface area contributed by atoms with E-state index in [9.17, 15) is 9.59 Å². The Balaban J connectivity index is 1.29. The van der Waals surface area contributed by atoms with E-state index >= 15 is 0 Å². The lowest BCUT2D eigenvalue weighted by Gasteiger charge is -2.37. The average molecular weight is 552 g/mol. The van der Waals surface area contributed by atoms with E-state index in [1.807, 2.05) is 66.7 Å². The van der Waals surface area contributed by atoms with Gasteiger partial charge in [0.25, 0.3) is 0 Å². The summed E-state index contributed by atoms with van der Waals surface area (Å²) in [7, 11) is 3.37. The summed E-state index contributed by atoms with van der Waals surface area (Å²) >= 11 is 6.28. The molecule has 0 radical (unpaired) electrons. The number of benzene rings is 3. The Bertz CT molecular complexity index is 1250. The molecule has 0 aliphatic carbocycles. The Labute approximate surface area is 234 Å². The molecule has 3 aromatic rings. The van der Waals surface area contributed by atoms with Gasteiger partial charge < -0.3 is 24.4 Å². The first kappa shape index (κ1) is 28.4. The lowest BCUT2D eigenvalue weighted by molar-refractivity contribution is -0.134. The standard InChI is InChI=1S/C30H34ClN3O5/c1-33(20-22-8-3-5-10-26(22)31)30(36)27-18-32-19-29(35)34(27)24-12-14-25(15-13-24)39-17-7-16-38-21-23-9-4-6-11-28(23)37-2/h3-6,8-15,27,32H,7,16-21H2,1-2H3/t27-/m1/s1. The van der Waals surface area contributed by atoms with E-state index in [0.717, 1.165) is 23.3 Å². The third-order valence-corrected chi connectivity index (χ3v) is 6.86. The molecule has 1 saturated heterocycles. The van der Waals surface area contributed by atoms with Crippen molar-refractivity contribution >= 4 is 29.1 Å². The number of likely N-dealkylation sites (N-methyl/N-ethyl adjacent to an activating group) is 1. The third-order valence-electron chi connectivity index (χ3n) is 6.49. The lowest BCUT2D eigenvalue weighted by atomic mass is 10.1. The summed E-state index contributed by atoms with van der Waals surface area (Å²) in [4.78, 5) is 29.4. The minimum Gasteiger partial charge on any atom is -0.496 e. The molecule has 39 heavy (non-hydrogen) atoms. The highest BCUT2D eigenvalue weighted by atomic mass is 35.5. The highest BCUT2D eigenvalue weighted by Gasteiger charge is 2.36. The van der Waals surface area contributed by atoms with Gasteiger partial charge >= 0.3 is 0 Å². The van der Waals surface area contributed by atoms with Crippen molar-refractivity contribution in [2.24, 2.45) is 0 Å². The zero-order valence-electron chi connectivity index (χ0n) is 22.3. The Hall–Kier alpha value is -3.59. The van der Waals surface area contributed by atoms with Crippen molar-refractivity contribution in [2.75, 3.05) is 45.4 Å². The molecule has 3 aromatic carbocycles. The number of nitrogens with one attached hydrogen (secondary N) is 1. The number of halogens is 1. The summed E-state index contributed by atoms with van der Waals surface area (Å²) < 4.78 is 17.0. The molecule has 206 valence electrons. The van der Waals surface area contributed by atoms with Crippen LogP contribution in [0.15, 0.2) is 72.8 Å². The zero-order chi connectivity index (χ0) is 27.6. The Morgan fingerprint density at radius 2 is 1.74 bits per heavy atom. The first-order chi connectivity index (χ1) is 19.0. The fraction of sp³-hybridized carbons (Fsp3) is 0.333. The summed E-state index contributed by atoms with van der Waals surface area (Å²) in [5.41, 5.74) is 2.51. The average Bonchev–Trinajstić information content (AvgIpc) is 2.96. The van der Waals surface area contributed by atoms with Crippen LogP contribution >= 0.6 is 11.6 Å². The normalized spacial score (nSPS) is 15.2. The van der Waals surface area contributed by atoms with Gasteiger partial charge in [0.05, 0.1) is 33.5 Å². The van der Waals surface area contributed by atoms with E-state index in [2.05, 4.69) is 5.32 Å². The van der Waals surface area contributed by atoms with Gasteiger partial charge in [0.2, 0.25) is 11.8 Å². The largest absolute Gasteiger partial charge is 0.496 e. The minimum absolute atomic E-state index is 0.161. The molecule has 1 aliphatic rings. The molecule has 9 heteroatoms. The number of amides is 2. The first-order valence-electron chi connectivity index (χ1n) is 12.9. The van der Waals surface area contributed by atoms with Crippen molar-refractivity contribution in [1.82, 2.24) is 10.2 Å². The van der Waals surface area contributed by atoms with Gasteiger partial charge in [-0.1, -0.05) is 48.0 Å². The second-order valence-electron chi connectivity index (χ2n) is 9.26. The molecule has 1 atom stereocenters. The Kier molecular flexibility index (Phi) is 10.2. The SMILES string of the molecule is COc1ccccc1COCCCOc1ccc(N2C(=O)CNC[C@@H]2C(=O)N(C)Cc2ccccc2Cl)cc1.